The molecule has 44 heavy (non-hydrogen) atoms. The van der Waals surface area contributed by atoms with Gasteiger partial charge in [-0.2, -0.15) is 0 Å². The molecule has 0 atom stereocenters. The number of benzene rings is 5. The number of rotatable bonds is 3. The Morgan fingerprint density at radius 2 is 1.20 bits per heavy atom. The van der Waals surface area contributed by atoms with Crippen molar-refractivity contribution >= 4 is 49.7 Å². The summed E-state index contributed by atoms with van der Waals surface area (Å²) in [6.45, 7) is 6.86. The Bertz CT molecular complexity index is 2460. The second-order valence-electron chi connectivity index (χ2n) is 12.2. The summed E-state index contributed by atoms with van der Waals surface area (Å²) in [6, 6.07) is 39.9. The molecule has 3 heterocycles. The molecule has 0 spiro atoms. The first-order valence-electron chi connectivity index (χ1n) is 15.6. The Morgan fingerprint density at radius 3 is 2.00 bits per heavy atom. The standard InChI is InChI=1S/C41H33N3/c1-26-15-7-11-21-35(26)43-37-23-13-9-19-31(37)33-25-34-32-20-10-14-24-38(32)44(40(34)28(3)39(33)43)41-27(2)30-18-8-12-22-36(30)42(41)29-16-5-4-6-17-29/h4-12,14-22,24-25H,13,23H2,1-3H3. The fraction of sp³-hybridized carbons (Fsp3) is 0.122. The lowest BCUT2D eigenvalue weighted by atomic mass is 9.99. The van der Waals surface area contributed by atoms with E-state index in [0.717, 1.165) is 12.8 Å². The zero-order valence-electron chi connectivity index (χ0n) is 25.3. The van der Waals surface area contributed by atoms with Crippen LogP contribution in [0.3, 0.4) is 0 Å². The molecule has 1 aliphatic carbocycles. The molecule has 0 radical (unpaired) electrons. The molecular weight excluding hydrogens is 534 g/mol. The van der Waals surface area contributed by atoms with Crippen LogP contribution in [-0.2, 0) is 6.42 Å². The predicted octanol–water partition coefficient (Wildman–Crippen LogP) is 10.6. The van der Waals surface area contributed by atoms with Crippen molar-refractivity contribution in [2.24, 2.45) is 0 Å². The number of nitrogens with zero attached hydrogens (tertiary/aromatic N) is 3. The SMILES string of the molecule is Cc1ccccc1-n1c2c(c3cc4c5ccccc5n(-c5c(C)c6ccccc6n5-c5ccccc5)c4c(C)c31)C=CCC2. The minimum Gasteiger partial charge on any atom is -0.312 e. The van der Waals surface area contributed by atoms with Crippen molar-refractivity contribution in [3.8, 4) is 17.2 Å². The number of hydrogen-bond donors (Lipinski definition) is 0. The summed E-state index contributed by atoms with van der Waals surface area (Å²) in [4.78, 5) is 0. The normalized spacial score (nSPS) is 13.1. The van der Waals surface area contributed by atoms with Gasteiger partial charge in [-0.05, 0) is 81.1 Å². The molecule has 0 amide bonds. The van der Waals surface area contributed by atoms with E-state index >= 15 is 0 Å². The average Bonchev–Trinajstić information content (AvgIpc) is 3.68. The Balaban J connectivity index is 1.51. The lowest BCUT2D eigenvalue weighted by molar-refractivity contribution is 0.883. The maximum absolute atomic E-state index is 2.57. The van der Waals surface area contributed by atoms with E-state index < -0.39 is 0 Å². The highest BCUT2D eigenvalue weighted by Gasteiger charge is 2.27. The fourth-order valence-electron chi connectivity index (χ4n) is 7.86. The zero-order valence-corrected chi connectivity index (χ0v) is 25.3. The minimum atomic E-state index is 1.04. The smallest absolute Gasteiger partial charge is 0.126 e. The van der Waals surface area contributed by atoms with E-state index in [1.54, 1.807) is 0 Å². The molecule has 0 aliphatic heterocycles. The predicted molar refractivity (Wildman–Crippen MR) is 186 cm³/mol. The van der Waals surface area contributed by atoms with Gasteiger partial charge in [-0.1, -0.05) is 84.9 Å². The summed E-state index contributed by atoms with van der Waals surface area (Å²) in [5, 5.41) is 5.21. The Kier molecular flexibility index (Phi) is 5.37. The van der Waals surface area contributed by atoms with Crippen LogP contribution in [0.1, 0.15) is 34.4 Å². The van der Waals surface area contributed by atoms with Gasteiger partial charge >= 0.3 is 0 Å². The average molecular weight is 568 g/mol. The number of aryl methyl sites for hydroxylation is 3. The van der Waals surface area contributed by atoms with Crippen LogP contribution >= 0.6 is 0 Å². The highest BCUT2D eigenvalue weighted by molar-refractivity contribution is 6.17. The third-order valence-electron chi connectivity index (χ3n) is 9.77. The maximum Gasteiger partial charge on any atom is 0.126 e. The van der Waals surface area contributed by atoms with E-state index in [1.807, 2.05) is 0 Å². The fourth-order valence-corrected chi connectivity index (χ4v) is 7.86. The molecule has 5 aromatic carbocycles. The van der Waals surface area contributed by atoms with Gasteiger partial charge in [0.2, 0.25) is 0 Å². The van der Waals surface area contributed by atoms with E-state index in [4.69, 9.17) is 0 Å². The van der Waals surface area contributed by atoms with E-state index in [9.17, 15) is 0 Å². The van der Waals surface area contributed by atoms with Gasteiger partial charge in [0.05, 0.1) is 22.1 Å². The number of aromatic nitrogens is 3. The van der Waals surface area contributed by atoms with Crippen molar-refractivity contribution in [3.05, 3.63) is 143 Å². The van der Waals surface area contributed by atoms with Crippen LogP contribution in [0.15, 0.2) is 115 Å². The zero-order chi connectivity index (χ0) is 29.5. The lowest BCUT2D eigenvalue weighted by Gasteiger charge is -2.18. The summed E-state index contributed by atoms with van der Waals surface area (Å²) in [5.41, 5.74) is 14.1. The van der Waals surface area contributed by atoms with Gasteiger partial charge in [0.25, 0.3) is 0 Å². The molecule has 3 aromatic heterocycles. The molecule has 0 unspecified atom stereocenters. The van der Waals surface area contributed by atoms with E-state index in [-0.39, 0.29) is 0 Å². The van der Waals surface area contributed by atoms with Gasteiger partial charge in [0, 0.05) is 49.7 Å². The van der Waals surface area contributed by atoms with E-state index in [1.165, 1.54) is 88.8 Å². The minimum absolute atomic E-state index is 1.04. The van der Waals surface area contributed by atoms with Gasteiger partial charge in [0.1, 0.15) is 5.82 Å². The second kappa shape index (κ2) is 9.36. The van der Waals surface area contributed by atoms with Crippen molar-refractivity contribution < 1.29 is 0 Å². The van der Waals surface area contributed by atoms with Crippen LogP contribution < -0.4 is 0 Å². The molecule has 0 saturated heterocycles. The van der Waals surface area contributed by atoms with Crippen LogP contribution in [0.4, 0.5) is 0 Å². The first-order chi connectivity index (χ1) is 21.6. The summed E-state index contributed by atoms with van der Waals surface area (Å²) in [7, 11) is 0. The molecule has 0 bridgehead atoms. The molecular formula is C41H33N3. The molecule has 0 saturated carbocycles. The van der Waals surface area contributed by atoms with Crippen molar-refractivity contribution in [2.45, 2.75) is 33.6 Å². The van der Waals surface area contributed by atoms with Gasteiger partial charge in [-0.25, -0.2) is 0 Å². The first kappa shape index (κ1) is 25.2. The molecule has 3 nitrogen and oxygen atoms in total. The number of hydrogen-bond acceptors (Lipinski definition) is 0. The quantitative estimate of drug-likeness (QED) is 0.202. The van der Waals surface area contributed by atoms with Gasteiger partial charge in [-0.3, -0.25) is 9.13 Å². The molecule has 8 aromatic rings. The molecule has 9 rings (SSSR count). The Hall–Kier alpha value is -5.28. The second-order valence-corrected chi connectivity index (χ2v) is 12.2. The summed E-state index contributed by atoms with van der Waals surface area (Å²) >= 11 is 0. The number of para-hydroxylation sites is 4. The van der Waals surface area contributed by atoms with Crippen LogP contribution in [0.5, 0.6) is 0 Å². The summed E-state index contributed by atoms with van der Waals surface area (Å²) in [5.74, 6) is 1.20. The third-order valence-corrected chi connectivity index (χ3v) is 9.77. The van der Waals surface area contributed by atoms with Gasteiger partial charge in [0.15, 0.2) is 0 Å². The van der Waals surface area contributed by atoms with Crippen LogP contribution in [-0.4, -0.2) is 13.7 Å². The van der Waals surface area contributed by atoms with Crippen molar-refractivity contribution in [3.63, 3.8) is 0 Å². The molecule has 0 fully saturated rings. The Morgan fingerprint density at radius 1 is 0.545 bits per heavy atom. The molecule has 1 aliphatic rings. The molecule has 212 valence electrons. The monoisotopic (exact) mass is 567 g/mol. The van der Waals surface area contributed by atoms with E-state index in [0.29, 0.717) is 0 Å². The van der Waals surface area contributed by atoms with E-state index in [2.05, 4.69) is 156 Å². The van der Waals surface area contributed by atoms with Crippen molar-refractivity contribution in [1.29, 1.82) is 0 Å². The largest absolute Gasteiger partial charge is 0.312 e. The third kappa shape index (κ3) is 3.32. The van der Waals surface area contributed by atoms with Crippen molar-refractivity contribution in [1.82, 2.24) is 13.7 Å². The van der Waals surface area contributed by atoms with Crippen molar-refractivity contribution in [2.75, 3.05) is 0 Å². The molecule has 0 N–H and O–H groups in total. The maximum atomic E-state index is 2.57. The van der Waals surface area contributed by atoms with Gasteiger partial charge in [-0.15, -0.1) is 0 Å². The highest BCUT2D eigenvalue weighted by Crippen LogP contribution is 2.44. The van der Waals surface area contributed by atoms with Gasteiger partial charge < -0.3 is 4.57 Å². The Labute approximate surface area is 256 Å². The lowest BCUT2D eigenvalue weighted by Crippen LogP contribution is -2.07. The number of allylic oxidation sites excluding steroid dienone is 1. The topological polar surface area (TPSA) is 14.8 Å². The van der Waals surface area contributed by atoms with Crippen LogP contribution in [0.25, 0.3) is 66.9 Å². The summed E-state index contributed by atoms with van der Waals surface area (Å²) in [6.07, 6.45) is 6.81. The molecule has 3 heteroatoms. The van der Waals surface area contributed by atoms with Crippen LogP contribution in [0.2, 0.25) is 0 Å². The first-order valence-corrected chi connectivity index (χ1v) is 15.6. The highest BCUT2D eigenvalue weighted by atomic mass is 15.2. The number of fused-ring (bicyclic) bond motifs is 7. The summed E-state index contributed by atoms with van der Waals surface area (Å²) < 4.78 is 7.57. The van der Waals surface area contributed by atoms with Crippen LogP contribution in [0, 0.1) is 20.8 Å².